The summed E-state index contributed by atoms with van der Waals surface area (Å²) in [5, 5.41) is 2.62. The van der Waals surface area contributed by atoms with Gasteiger partial charge < -0.3 is 15.0 Å². The standard InChI is InChI=1S/C20H23N3O4S2/c1-14-20(24)21-18-13-17(6-7-19(18)28-14)29(25,26)23-10-8-22(9-11-23)15-4-3-5-16(12-15)27-2/h3-7,12-14H,8-11H2,1-2H3,(H,21,24)/t14-/m0/s1. The van der Waals surface area contributed by atoms with Crippen molar-refractivity contribution in [1.82, 2.24) is 4.31 Å². The number of anilines is 2. The summed E-state index contributed by atoms with van der Waals surface area (Å²) in [5.74, 6) is 0.671. The smallest absolute Gasteiger partial charge is 0.243 e. The molecule has 0 aliphatic carbocycles. The first kappa shape index (κ1) is 20.1. The molecule has 0 saturated carbocycles. The molecule has 2 aliphatic rings. The zero-order chi connectivity index (χ0) is 20.6. The number of carbonyl (C=O) groups excluding carboxylic acids is 1. The van der Waals surface area contributed by atoms with Gasteiger partial charge in [-0.15, -0.1) is 11.8 Å². The highest BCUT2D eigenvalue weighted by atomic mass is 32.2. The molecule has 7 nitrogen and oxygen atoms in total. The fraction of sp³-hybridized carbons (Fsp3) is 0.350. The van der Waals surface area contributed by atoms with Crippen molar-refractivity contribution in [2.45, 2.75) is 22.0 Å². The molecule has 2 aromatic rings. The van der Waals surface area contributed by atoms with Gasteiger partial charge in [0.15, 0.2) is 0 Å². The third-order valence-electron chi connectivity index (χ3n) is 5.18. The molecule has 9 heteroatoms. The summed E-state index contributed by atoms with van der Waals surface area (Å²) in [6.45, 7) is 3.82. The quantitative estimate of drug-likeness (QED) is 0.799. The summed E-state index contributed by atoms with van der Waals surface area (Å²) in [7, 11) is -1.99. The molecular formula is C20H23N3O4S2. The Morgan fingerprint density at radius 3 is 2.59 bits per heavy atom. The van der Waals surface area contributed by atoms with Gasteiger partial charge in [0, 0.05) is 42.8 Å². The van der Waals surface area contributed by atoms with Gasteiger partial charge in [0.25, 0.3) is 0 Å². The minimum Gasteiger partial charge on any atom is -0.497 e. The Kier molecular flexibility index (Phi) is 5.46. The predicted octanol–water partition coefficient (Wildman–Crippen LogP) is 2.64. The zero-order valence-corrected chi connectivity index (χ0v) is 17.9. The number of hydrogen-bond acceptors (Lipinski definition) is 6. The molecule has 0 bridgehead atoms. The summed E-state index contributed by atoms with van der Waals surface area (Å²) < 4.78 is 33.0. The summed E-state index contributed by atoms with van der Waals surface area (Å²) in [6.07, 6.45) is 0. The molecule has 0 spiro atoms. The monoisotopic (exact) mass is 433 g/mol. The third kappa shape index (κ3) is 3.94. The van der Waals surface area contributed by atoms with Crippen LogP contribution in [-0.2, 0) is 14.8 Å². The molecule has 1 amide bonds. The normalized spacial score (nSPS) is 20.1. The van der Waals surface area contributed by atoms with Crippen molar-refractivity contribution in [3.05, 3.63) is 42.5 Å². The lowest BCUT2D eigenvalue weighted by molar-refractivity contribution is -0.115. The lowest BCUT2D eigenvalue weighted by atomic mass is 10.2. The second-order valence-electron chi connectivity index (χ2n) is 7.00. The van der Waals surface area contributed by atoms with Gasteiger partial charge in [-0.3, -0.25) is 4.79 Å². The number of amides is 1. The summed E-state index contributed by atoms with van der Waals surface area (Å²) in [6, 6.07) is 12.7. The van der Waals surface area contributed by atoms with E-state index in [4.69, 9.17) is 4.74 Å². The molecule has 1 atom stereocenters. The number of piperazine rings is 1. The Bertz CT molecular complexity index is 1030. The van der Waals surface area contributed by atoms with Gasteiger partial charge in [0.2, 0.25) is 15.9 Å². The Labute approximate surface area is 175 Å². The van der Waals surface area contributed by atoms with E-state index in [0.717, 1.165) is 16.3 Å². The average molecular weight is 434 g/mol. The number of benzene rings is 2. The van der Waals surface area contributed by atoms with E-state index in [0.29, 0.717) is 31.9 Å². The van der Waals surface area contributed by atoms with E-state index in [1.54, 1.807) is 25.3 Å². The van der Waals surface area contributed by atoms with E-state index in [-0.39, 0.29) is 16.1 Å². The van der Waals surface area contributed by atoms with Crippen molar-refractivity contribution in [2.24, 2.45) is 0 Å². The third-order valence-corrected chi connectivity index (χ3v) is 8.25. The molecule has 0 aromatic heterocycles. The number of ether oxygens (including phenoxy) is 1. The number of carbonyl (C=O) groups is 1. The van der Waals surface area contributed by atoms with Crippen molar-refractivity contribution >= 4 is 39.1 Å². The van der Waals surface area contributed by atoms with Gasteiger partial charge in [-0.25, -0.2) is 8.42 Å². The van der Waals surface area contributed by atoms with Crippen LogP contribution in [0.25, 0.3) is 0 Å². The first-order valence-electron chi connectivity index (χ1n) is 9.39. The lowest BCUT2D eigenvalue weighted by Gasteiger charge is -2.35. The highest BCUT2D eigenvalue weighted by molar-refractivity contribution is 8.01. The van der Waals surface area contributed by atoms with Crippen LogP contribution >= 0.6 is 11.8 Å². The van der Waals surface area contributed by atoms with Crippen LogP contribution in [0.3, 0.4) is 0 Å². The van der Waals surface area contributed by atoms with Gasteiger partial charge in [-0.05, 0) is 37.3 Å². The maximum absolute atomic E-state index is 13.1. The van der Waals surface area contributed by atoms with Crippen LogP contribution in [-0.4, -0.2) is 57.2 Å². The maximum atomic E-state index is 13.1. The summed E-state index contributed by atoms with van der Waals surface area (Å²) in [4.78, 5) is 15.2. The van der Waals surface area contributed by atoms with Gasteiger partial charge in [-0.1, -0.05) is 6.07 Å². The Morgan fingerprint density at radius 2 is 1.86 bits per heavy atom. The summed E-state index contributed by atoms with van der Waals surface area (Å²) >= 11 is 1.44. The number of nitrogens with one attached hydrogen (secondary N) is 1. The van der Waals surface area contributed by atoms with Crippen LogP contribution in [0.5, 0.6) is 5.75 Å². The van der Waals surface area contributed by atoms with Crippen LogP contribution in [0.4, 0.5) is 11.4 Å². The molecule has 4 rings (SSSR count). The zero-order valence-electron chi connectivity index (χ0n) is 16.3. The summed E-state index contributed by atoms with van der Waals surface area (Å²) in [5.41, 5.74) is 1.58. The van der Waals surface area contributed by atoms with Gasteiger partial charge in [-0.2, -0.15) is 4.31 Å². The Hall–Kier alpha value is -2.23. The van der Waals surface area contributed by atoms with Crippen LogP contribution in [0.2, 0.25) is 0 Å². The fourth-order valence-electron chi connectivity index (χ4n) is 3.49. The van der Waals surface area contributed by atoms with E-state index in [1.807, 2.05) is 31.2 Å². The topological polar surface area (TPSA) is 79.0 Å². The fourth-order valence-corrected chi connectivity index (χ4v) is 5.87. The molecule has 2 aromatic carbocycles. The van der Waals surface area contributed by atoms with Crippen LogP contribution in [0.1, 0.15) is 6.92 Å². The highest BCUT2D eigenvalue weighted by Crippen LogP contribution is 2.37. The molecule has 29 heavy (non-hydrogen) atoms. The van der Waals surface area contributed by atoms with Crippen molar-refractivity contribution in [3.8, 4) is 5.75 Å². The predicted molar refractivity (Wildman–Crippen MR) is 114 cm³/mol. The minimum atomic E-state index is -3.62. The van der Waals surface area contributed by atoms with Gasteiger partial charge in [0.05, 0.1) is 22.9 Å². The van der Waals surface area contributed by atoms with Crippen LogP contribution < -0.4 is 15.0 Å². The molecule has 0 radical (unpaired) electrons. The van der Waals surface area contributed by atoms with E-state index >= 15 is 0 Å². The first-order valence-corrected chi connectivity index (χ1v) is 11.7. The Morgan fingerprint density at radius 1 is 1.10 bits per heavy atom. The molecule has 154 valence electrons. The SMILES string of the molecule is COc1cccc(N2CCN(S(=O)(=O)c3ccc4c(c3)NC(=O)[C@H](C)S4)CC2)c1. The van der Waals surface area contributed by atoms with Gasteiger partial charge in [0.1, 0.15) is 5.75 Å². The molecule has 0 unspecified atom stereocenters. The number of sulfonamides is 1. The van der Waals surface area contributed by atoms with Crippen molar-refractivity contribution in [2.75, 3.05) is 43.5 Å². The van der Waals surface area contributed by atoms with E-state index in [1.165, 1.54) is 16.1 Å². The first-order chi connectivity index (χ1) is 13.9. The second kappa shape index (κ2) is 7.89. The molecule has 2 aliphatic heterocycles. The maximum Gasteiger partial charge on any atom is 0.243 e. The van der Waals surface area contributed by atoms with Gasteiger partial charge >= 0.3 is 0 Å². The number of nitrogens with zero attached hydrogens (tertiary/aromatic N) is 2. The molecular weight excluding hydrogens is 410 g/mol. The van der Waals surface area contributed by atoms with E-state index in [9.17, 15) is 13.2 Å². The van der Waals surface area contributed by atoms with Crippen molar-refractivity contribution < 1.29 is 17.9 Å². The lowest BCUT2D eigenvalue weighted by Crippen LogP contribution is -2.48. The van der Waals surface area contributed by atoms with Crippen LogP contribution in [0, 0.1) is 0 Å². The van der Waals surface area contributed by atoms with Crippen molar-refractivity contribution in [3.63, 3.8) is 0 Å². The van der Waals surface area contributed by atoms with Crippen LogP contribution in [0.15, 0.2) is 52.3 Å². The molecule has 2 heterocycles. The number of methoxy groups -OCH3 is 1. The largest absolute Gasteiger partial charge is 0.497 e. The number of fused-ring (bicyclic) bond motifs is 1. The van der Waals surface area contributed by atoms with Crippen molar-refractivity contribution in [1.29, 1.82) is 0 Å². The number of rotatable bonds is 4. The molecule has 1 fully saturated rings. The second-order valence-corrected chi connectivity index (χ2v) is 10.3. The highest BCUT2D eigenvalue weighted by Gasteiger charge is 2.31. The van der Waals surface area contributed by atoms with E-state index < -0.39 is 10.0 Å². The minimum absolute atomic E-state index is 0.107. The molecule has 1 N–H and O–H groups in total. The number of thioether (sulfide) groups is 1. The van der Waals surface area contributed by atoms with E-state index in [2.05, 4.69) is 10.2 Å². The molecule has 1 saturated heterocycles. The number of hydrogen-bond donors (Lipinski definition) is 1. The average Bonchev–Trinajstić information content (AvgIpc) is 2.74. The Balaban J connectivity index is 1.49.